The third-order valence-corrected chi connectivity index (χ3v) is 5.87. The van der Waals surface area contributed by atoms with E-state index in [1.807, 2.05) is 0 Å². The van der Waals surface area contributed by atoms with Crippen molar-refractivity contribution in [2.45, 2.75) is 12.7 Å². The Labute approximate surface area is 184 Å². The van der Waals surface area contributed by atoms with Crippen LogP contribution in [0, 0.1) is 0 Å². The van der Waals surface area contributed by atoms with Crippen LogP contribution in [0.25, 0.3) is 21.5 Å². The van der Waals surface area contributed by atoms with Gasteiger partial charge in [-0.1, -0.05) is 6.07 Å². The Morgan fingerprint density at radius 1 is 1.22 bits per heavy atom. The van der Waals surface area contributed by atoms with Gasteiger partial charge in [0, 0.05) is 29.9 Å². The third-order valence-electron chi connectivity index (χ3n) is 4.77. The summed E-state index contributed by atoms with van der Waals surface area (Å²) in [7, 11) is 1.50. The number of nitrogen functional groups attached to an aromatic ring is 1. The minimum atomic E-state index is -4.68. The lowest BCUT2D eigenvalue weighted by molar-refractivity contribution is -0.136. The van der Waals surface area contributed by atoms with E-state index in [-0.39, 0.29) is 33.0 Å². The fraction of sp³-hybridized carbons (Fsp3) is 0.136. The van der Waals surface area contributed by atoms with E-state index in [0.717, 1.165) is 23.0 Å². The van der Waals surface area contributed by atoms with Gasteiger partial charge in [0.25, 0.3) is 5.91 Å². The van der Waals surface area contributed by atoms with Crippen LogP contribution in [-0.4, -0.2) is 23.0 Å². The van der Waals surface area contributed by atoms with Gasteiger partial charge in [-0.05, 0) is 42.0 Å². The van der Waals surface area contributed by atoms with Crippen molar-refractivity contribution in [1.82, 2.24) is 15.3 Å². The number of nitrogens with one attached hydrogen (secondary N) is 1. The van der Waals surface area contributed by atoms with Gasteiger partial charge in [0.2, 0.25) is 0 Å². The molecule has 4 rings (SSSR count). The summed E-state index contributed by atoms with van der Waals surface area (Å²) in [5.74, 6) is -0.00714. The van der Waals surface area contributed by atoms with Crippen LogP contribution in [0.2, 0.25) is 0 Å². The van der Waals surface area contributed by atoms with Gasteiger partial charge in [0.05, 0.1) is 24.1 Å². The first kappa shape index (κ1) is 21.6. The fourth-order valence-corrected chi connectivity index (χ4v) is 4.22. The highest BCUT2D eigenvalue weighted by Gasteiger charge is 2.36. The third kappa shape index (κ3) is 4.22. The number of pyridine rings is 2. The summed E-state index contributed by atoms with van der Waals surface area (Å²) in [5.41, 5.74) is 6.18. The Morgan fingerprint density at radius 3 is 2.59 bits per heavy atom. The number of anilines is 1. The molecule has 0 atom stereocenters. The second-order valence-electron chi connectivity index (χ2n) is 6.85. The SMILES string of the molecule is COc1ccc(-c2cc(C(F)(F)F)c3c(N)c(C(=O)NCc4cccnc4)sc3n2)cc1. The highest BCUT2D eigenvalue weighted by atomic mass is 32.1. The molecule has 0 radical (unpaired) electrons. The van der Waals surface area contributed by atoms with Crippen LogP contribution < -0.4 is 15.8 Å². The Hall–Kier alpha value is -3.66. The predicted octanol–water partition coefficient (Wildman–Crippen LogP) is 4.90. The Morgan fingerprint density at radius 2 is 1.97 bits per heavy atom. The van der Waals surface area contributed by atoms with Crippen molar-refractivity contribution < 1.29 is 22.7 Å². The van der Waals surface area contributed by atoms with Gasteiger partial charge in [-0.2, -0.15) is 13.2 Å². The summed E-state index contributed by atoms with van der Waals surface area (Å²) in [5, 5.41) is 2.39. The molecule has 6 nitrogen and oxygen atoms in total. The predicted molar refractivity (Wildman–Crippen MR) is 116 cm³/mol. The first-order chi connectivity index (χ1) is 15.3. The first-order valence-electron chi connectivity index (χ1n) is 9.39. The largest absolute Gasteiger partial charge is 0.497 e. The molecule has 32 heavy (non-hydrogen) atoms. The van der Waals surface area contributed by atoms with E-state index >= 15 is 0 Å². The summed E-state index contributed by atoms with van der Waals surface area (Å²) in [6.45, 7) is 0.164. The molecule has 1 aromatic carbocycles. The van der Waals surface area contributed by atoms with E-state index in [1.54, 1.807) is 48.8 Å². The second kappa shape index (κ2) is 8.46. The first-order valence-corrected chi connectivity index (χ1v) is 10.2. The molecule has 4 aromatic rings. The quantitative estimate of drug-likeness (QED) is 0.444. The van der Waals surface area contributed by atoms with E-state index < -0.39 is 17.6 Å². The molecule has 0 saturated heterocycles. The number of halogens is 3. The van der Waals surface area contributed by atoms with E-state index in [1.165, 1.54) is 7.11 Å². The summed E-state index contributed by atoms with van der Waals surface area (Å²) in [6, 6.07) is 10.9. The van der Waals surface area contributed by atoms with Crippen molar-refractivity contribution in [2.75, 3.05) is 12.8 Å². The molecule has 0 aliphatic carbocycles. The minimum absolute atomic E-state index is 0.0197. The number of carbonyl (C=O) groups is 1. The van der Waals surface area contributed by atoms with Gasteiger partial charge < -0.3 is 15.8 Å². The smallest absolute Gasteiger partial charge is 0.417 e. The second-order valence-corrected chi connectivity index (χ2v) is 7.85. The summed E-state index contributed by atoms with van der Waals surface area (Å²) >= 11 is 0.825. The molecule has 3 aromatic heterocycles. The molecule has 3 heterocycles. The zero-order chi connectivity index (χ0) is 22.9. The maximum Gasteiger partial charge on any atom is 0.417 e. The molecule has 0 saturated carbocycles. The van der Waals surface area contributed by atoms with Crippen LogP contribution in [-0.2, 0) is 12.7 Å². The molecule has 0 unspecified atom stereocenters. The monoisotopic (exact) mass is 458 g/mol. The standard InChI is InChI=1S/C22H17F3N4O2S/c1-31-14-6-4-13(5-7-14)16-9-15(22(23,24)25)17-18(26)19(32-21(17)29-16)20(30)28-11-12-3-2-8-27-10-12/h2-10H,11,26H2,1H3,(H,28,30). The van der Waals surface area contributed by atoms with E-state index in [0.29, 0.717) is 11.3 Å². The van der Waals surface area contributed by atoms with Gasteiger partial charge in [-0.15, -0.1) is 11.3 Å². The zero-order valence-corrected chi connectivity index (χ0v) is 17.6. The number of hydrogen-bond donors (Lipinski definition) is 2. The van der Waals surface area contributed by atoms with Gasteiger partial charge in [-0.3, -0.25) is 9.78 Å². The topological polar surface area (TPSA) is 90.1 Å². The van der Waals surface area contributed by atoms with Gasteiger partial charge in [-0.25, -0.2) is 4.98 Å². The van der Waals surface area contributed by atoms with Crippen LogP contribution in [0.1, 0.15) is 20.8 Å². The van der Waals surface area contributed by atoms with Crippen molar-refractivity contribution in [3.05, 3.63) is 70.9 Å². The van der Waals surface area contributed by atoms with Gasteiger partial charge in [0.15, 0.2) is 0 Å². The number of thiophene rings is 1. The lowest BCUT2D eigenvalue weighted by atomic mass is 10.1. The molecule has 0 fully saturated rings. The van der Waals surface area contributed by atoms with Crippen molar-refractivity contribution >= 4 is 33.1 Å². The Balaban J connectivity index is 1.76. The summed E-state index contributed by atoms with van der Waals surface area (Å²) in [4.78, 5) is 21.0. The molecule has 1 amide bonds. The van der Waals surface area contributed by atoms with Crippen molar-refractivity contribution in [1.29, 1.82) is 0 Å². The highest BCUT2D eigenvalue weighted by Crippen LogP contribution is 2.43. The molecule has 0 bridgehead atoms. The van der Waals surface area contributed by atoms with Gasteiger partial charge >= 0.3 is 6.18 Å². The lowest BCUT2D eigenvalue weighted by Gasteiger charge is -2.11. The number of nitrogens with two attached hydrogens (primary N) is 1. The average molecular weight is 458 g/mol. The van der Waals surface area contributed by atoms with Crippen molar-refractivity contribution in [3.8, 4) is 17.0 Å². The van der Waals surface area contributed by atoms with Crippen LogP contribution >= 0.6 is 11.3 Å². The van der Waals surface area contributed by atoms with E-state index in [2.05, 4.69) is 15.3 Å². The number of hydrogen-bond acceptors (Lipinski definition) is 6. The van der Waals surface area contributed by atoms with Crippen LogP contribution in [0.4, 0.5) is 18.9 Å². The maximum absolute atomic E-state index is 13.9. The summed E-state index contributed by atoms with van der Waals surface area (Å²) in [6.07, 6.45) is -1.50. The molecular weight excluding hydrogens is 441 g/mol. The van der Waals surface area contributed by atoms with Gasteiger partial charge in [0.1, 0.15) is 15.5 Å². The number of benzene rings is 1. The molecule has 164 valence electrons. The lowest BCUT2D eigenvalue weighted by Crippen LogP contribution is -2.22. The number of ether oxygens (including phenoxy) is 1. The molecule has 0 aliphatic heterocycles. The molecular formula is C22H17F3N4O2S. The van der Waals surface area contributed by atoms with E-state index in [9.17, 15) is 18.0 Å². The number of fused-ring (bicyclic) bond motifs is 1. The fourth-order valence-electron chi connectivity index (χ4n) is 3.19. The number of methoxy groups -OCH3 is 1. The minimum Gasteiger partial charge on any atom is -0.497 e. The Bertz CT molecular complexity index is 1270. The number of alkyl halides is 3. The van der Waals surface area contributed by atoms with Crippen LogP contribution in [0.3, 0.4) is 0 Å². The molecule has 0 aliphatic rings. The van der Waals surface area contributed by atoms with E-state index in [4.69, 9.17) is 10.5 Å². The number of aromatic nitrogens is 2. The molecule has 10 heteroatoms. The molecule has 3 N–H and O–H groups in total. The summed E-state index contributed by atoms with van der Waals surface area (Å²) < 4.78 is 46.7. The van der Waals surface area contributed by atoms with Crippen LogP contribution in [0.15, 0.2) is 54.9 Å². The number of nitrogens with zero attached hydrogens (tertiary/aromatic N) is 2. The normalized spacial score (nSPS) is 11.5. The number of amides is 1. The average Bonchev–Trinajstić information content (AvgIpc) is 3.13. The molecule has 0 spiro atoms. The van der Waals surface area contributed by atoms with Crippen LogP contribution in [0.5, 0.6) is 5.75 Å². The highest BCUT2D eigenvalue weighted by molar-refractivity contribution is 7.21. The zero-order valence-electron chi connectivity index (χ0n) is 16.7. The number of rotatable bonds is 5. The Kier molecular flexibility index (Phi) is 5.70. The van der Waals surface area contributed by atoms with Crippen molar-refractivity contribution in [2.24, 2.45) is 0 Å². The van der Waals surface area contributed by atoms with Crippen molar-refractivity contribution in [3.63, 3.8) is 0 Å². The number of carbonyl (C=O) groups excluding carboxylic acids is 1. The maximum atomic E-state index is 13.9.